The molecule has 3 aromatic rings. The van der Waals surface area contributed by atoms with Crippen LogP contribution in [0.2, 0.25) is 0 Å². The molecule has 0 heterocycles. The number of carbonyl (C=O) groups is 2. The molecular formula is C22H20N2O6S. The van der Waals surface area contributed by atoms with Crippen LogP contribution in [0.1, 0.15) is 15.9 Å². The third kappa shape index (κ3) is 5.91. The van der Waals surface area contributed by atoms with Crippen LogP contribution in [-0.2, 0) is 21.2 Å². The molecule has 0 aliphatic rings. The predicted octanol–water partition coefficient (Wildman–Crippen LogP) is 2.62. The van der Waals surface area contributed by atoms with E-state index in [4.69, 9.17) is 0 Å². The first-order valence-electron chi connectivity index (χ1n) is 9.24. The number of benzene rings is 3. The number of amides is 1. The molecule has 8 nitrogen and oxygen atoms in total. The van der Waals surface area contributed by atoms with E-state index in [-0.39, 0.29) is 23.0 Å². The summed E-state index contributed by atoms with van der Waals surface area (Å²) in [5.41, 5.74) is 1.40. The molecule has 3 rings (SSSR count). The molecule has 0 aliphatic carbocycles. The number of sulfonamides is 1. The van der Waals surface area contributed by atoms with Crippen LogP contribution in [0.3, 0.4) is 0 Å². The summed E-state index contributed by atoms with van der Waals surface area (Å²) in [5.74, 6) is -1.65. The molecule has 0 aromatic heterocycles. The standard InChI is InChI=1S/C22H20N2O6S/c25-18-10-6-15(7-11-18)14-20(22(27)28)24-31(29,30)19-12-8-17(9-13-19)23-21(26)16-4-2-1-3-5-16/h1-13,20,24-25H,14H2,(H,23,26)(H,27,28). The van der Waals surface area contributed by atoms with E-state index in [0.717, 1.165) is 0 Å². The Labute approximate surface area is 179 Å². The minimum atomic E-state index is -4.12. The van der Waals surface area contributed by atoms with Crippen LogP contribution in [0.25, 0.3) is 0 Å². The quantitative estimate of drug-likeness (QED) is 0.426. The number of nitrogens with one attached hydrogen (secondary N) is 2. The summed E-state index contributed by atoms with van der Waals surface area (Å²) < 4.78 is 27.5. The van der Waals surface area contributed by atoms with E-state index in [2.05, 4.69) is 10.0 Å². The van der Waals surface area contributed by atoms with Gasteiger partial charge in [0.05, 0.1) is 4.90 Å². The van der Waals surface area contributed by atoms with Crippen LogP contribution in [0.15, 0.2) is 83.8 Å². The molecule has 1 unspecified atom stereocenters. The van der Waals surface area contributed by atoms with E-state index in [0.29, 0.717) is 16.8 Å². The van der Waals surface area contributed by atoms with E-state index in [1.807, 2.05) is 0 Å². The molecule has 0 spiro atoms. The van der Waals surface area contributed by atoms with Gasteiger partial charge in [0.25, 0.3) is 5.91 Å². The molecule has 4 N–H and O–H groups in total. The number of phenols is 1. The molecule has 3 aromatic carbocycles. The van der Waals surface area contributed by atoms with Crippen molar-refractivity contribution in [3.63, 3.8) is 0 Å². The van der Waals surface area contributed by atoms with Gasteiger partial charge in [-0.15, -0.1) is 0 Å². The average Bonchev–Trinajstić information content (AvgIpc) is 2.75. The van der Waals surface area contributed by atoms with Crippen molar-refractivity contribution in [3.8, 4) is 5.75 Å². The molecule has 0 bridgehead atoms. The Morgan fingerprint density at radius 2 is 1.48 bits per heavy atom. The van der Waals surface area contributed by atoms with Crippen molar-refractivity contribution < 1.29 is 28.2 Å². The fraction of sp³-hybridized carbons (Fsp3) is 0.0909. The molecular weight excluding hydrogens is 420 g/mol. The maximum Gasteiger partial charge on any atom is 0.322 e. The normalized spacial score (nSPS) is 12.1. The lowest BCUT2D eigenvalue weighted by Gasteiger charge is -2.15. The molecule has 31 heavy (non-hydrogen) atoms. The van der Waals surface area contributed by atoms with Gasteiger partial charge in [-0.2, -0.15) is 4.72 Å². The van der Waals surface area contributed by atoms with Crippen LogP contribution >= 0.6 is 0 Å². The zero-order chi connectivity index (χ0) is 22.4. The second-order valence-corrected chi connectivity index (χ2v) is 8.44. The highest BCUT2D eigenvalue weighted by Gasteiger charge is 2.25. The van der Waals surface area contributed by atoms with Crippen LogP contribution in [0.5, 0.6) is 5.75 Å². The number of hydrogen-bond donors (Lipinski definition) is 4. The van der Waals surface area contributed by atoms with Gasteiger partial charge in [-0.25, -0.2) is 8.42 Å². The fourth-order valence-corrected chi connectivity index (χ4v) is 4.00. The maximum atomic E-state index is 12.6. The zero-order valence-electron chi connectivity index (χ0n) is 16.2. The molecule has 0 aliphatic heterocycles. The number of hydrogen-bond acceptors (Lipinski definition) is 5. The molecule has 0 radical (unpaired) electrons. The first-order valence-corrected chi connectivity index (χ1v) is 10.7. The van der Waals surface area contributed by atoms with Gasteiger partial charge in [-0.3, -0.25) is 9.59 Å². The van der Waals surface area contributed by atoms with Crippen LogP contribution in [-0.4, -0.2) is 36.5 Å². The monoisotopic (exact) mass is 440 g/mol. The summed E-state index contributed by atoms with van der Waals surface area (Å²) in [6, 6.07) is 18.4. The summed E-state index contributed by atoms with van der Waals surface area (Å²) in [6.45, 7) is 0. The smallest absolute Gasteiger partial charge is 0.322 e. The van der Waals surface area contributed by atoms with E-state index in [9.17, 15) is 28.2 Å². The fourth-order valence-electron chi connectivity index (χ4n) is 2.81. The molecule has 0 saturated carbocycles. The molecule has 0 saturated heterocycles. The molecule has 1 atom stereocenters. The third-order valence-electron chi connectivity index (χ3n) is 4.43. The van der Waals surface area contributed by atoms with Crippen molar-refractivity contribution in [2.45, 2.75) is 17.4 Å². The van der Waals surface area contributed by atoms with Crippen molar-refractivity contribution in [2.75, 3.05) is 5.32 Å². The second-order valence-electron chi connectivity index (χ2n) is 6.73. The number of aromatic hydroxyl groups is 1. The van der Waals surface area contributed by atoms with Gasteiger partial charge in [0.15, 0.2) is 0 Å². The predicted molar refractivity (Wildman–Crippen MR) is 114 cm³/mol. The summed E-state index contributed by atoms with van der Waals surface area (Å²) in [7, 11) is -4.12. The zero-order valence-corrected chi connectivity index (χ0v) is 17.0. The Bertz CT molecular complexity index is 1160. The number of carboxylic acids is 1. The Hall–Kier alpha value is -3.69. The SMILES string of the molecule is O=C(Nc1ccc(S(=O)(=O)NC(Cc2ccc(O)cc2)C(=O)O)cc1)c1ccccc1. The Morgan fingerprint density at radius 1 is 0.871 bits per heavy atom. The summed E-state index contributed by atoms with van der Waals surface area (Å²) in [6.07, 6.45) is -0.0972. The average molecular weight is 440 g/mol. The lowest BCUT2D eigenvalue weighted by molar-refractivity contribution is -0.138. The number of phenolic OH excluding ortho intramolecular Hbond substituents is 1. The topological polar surface area (TPSA) is 133 Å². The minimum Gasteiger partial charge on any atom is -0.508 e. The van der Waals surface area contributed by atoms with Crippen molar-refractivity contribution in [3.05, 3.63) is 90.0 Å². The number of aliphatic carboxylic acids is 1. The molecule has 0 fully saturated rings. The van der Waals surface area contributed by atoms with Crippen LogP contribution in [0, 0.1) is 0 Å². The lowest BCUT2D eigenvalue weighted by atomic mass is 10.1. The highest BCUT2D eigenvalue weighted by Crippen LogP contribution is 2.17. The third-order valence-corrected chi connectivity index (χ3v) is 5.92. The number of rotatable bonds is 8. The molecule has 1 amide bonds. The van der Waals surface area contributed by atoms with Crippen LogP contribution < -0.4 is 10.0 Å². The minimum absolute atomic E-state index is 0.0238. The van der Waals surface area contributed by atoms with Gasteiger partial charge in [0.1, 0.15) is 11.8 Å². The van der Waals surface area contributed by atoms with E-state index < -0.39 is 22.0 Å². The maximum absolute atomic E-state index is 12.6. The highest BCUT2D eigenvalue weighted by molar-refractivity contribution is 7.89. The summed E-state index contributed by atoms with van der Waals surface area (Å²) in [4.78, 5) is 23.6. The Kier molecular flexibility index (Phi) is 6.68. The highest BCUT2D eigenvalue weighted by atomic mass is 32.2. The number of anilines is 1. The van der Waals surface area contributed by atoms with Gasteiger partial charge in [0.2, 0.25) is 10.0 Å². The second kappa shape index (κ2) is 9.41. The van der Waals surface area contributed by atoms with Gasteiger partial charge in [0, 0.05) is 11.3 Å². The van der Waals surface area contributed by atoms with E-state index in [1.165, 1.54) is 48.5 Å². The molecule has 160 valence electrons. The molecule has 9 heteroatoms. The summed E-state index contributed by atoms with van der Waals surface area (Å²) >= 11 is 0. The van der Waals surface area contributed by atoms with Crippen molar-refractivity contribution in [1.29, 1.82) is 0 Å². The van der Waals surface area contributed by atoms with E-state index in [1.54, 1.807) is 30.3 Å². The van der Waals surface area contributed by atoms with Crippen molar-refractivity contribution >= 4 is 27.6 Å². The number of carbonyl (C=O) groups excluding carboxylic acids is 1. The van der Waals surface area contributed by atoms with Crippen molar-refractivity contribution in [2.24, 2.45) is 0 Å². The van der Waals surface area contributed by atoms with Crippen molar-refractivity contribution in [1.82, 2.24) is 4.72 Å². The Balaban J connectivity index is 1.70. The largest absolute Gasteiger partial charge is 0.508 e. The van der Waals surface area contributed by atoms with E-state index >= 15 is 0 Å². The first-order chi connectivity index (χ1) is 14.7. The lowest BCUT2D eigenvalue weighted by Crippen LogP contribution is -2.42. The van der Waals surface area contributed by atoms with Crippen LogP contribution in [0.4, 0.5) is 5.69 Å². The summed E-state index contributed by atoms with van der Waals surface area (Å²) in [5, 5.41) is 21.4. The van der Waals surface area contributed by atoms with Gasteiger partial charge < -0.3 is 15.5 Å². The van der Waals surface area contributed by atoms with Gasteiger partial charge >= 0.3 is 5.97 Å². The van der Waals surface area contributed by atoms with Gasteiger partial charge in [-0.1, -0.05) is 30.3 Å². The van der Waals surface area contributed by atoms with Gasteiger partial charge in [-0.05, 0) is 60.5 Å². The Morgan fingerprint density at radius 3 is 2.06 bits per heavy atom. The number of carboxylic acid groups (broad SMARTS) is 1. The first kappa shape index (κ1) is 22.0.